The minimum Gasteiger partial charge on any atom is -0.497 e. The molecule has 0 atom stereocenters. The molecule has 1 aliphatic rings. The molecule has 0 spiro atoms. The number of rotatable bonds is 4. The minimum absolute atomic E-state index is 0.0491. The summed E-state index contributed by atoms with van der Waals surface area (Å²) in [7, 11) is 4.83. The van der Waals surface area contributed by atoms with Crippen LogP contribution in [0.25, 0.3) is 6.08 Å². The number of aryl methyl sites for hydroxylation is 1. The highest BCUT2D eigenvalue weighted by molar-refractivity contribution is 6.13. The normalized spacial score (nSPS) is 15.1. The maximum atomic E-state index is 12.8. The molecule has 4 heteroatoms. The van der Waals surface area contributed by atoms with Gasteiger partial charge in [0.25, 0.3) is 0 Å². The van der Waals surface area contributed by atoms with Gasteiger partial charge in [-0.05, 0) is 48.7 Å². The summed E-state index contributed by atoms with van der Waals surface area (Å²) in [5, 5.41) is 0. The van der Waals surface area contributed by atoms with E-state index in [1.54, 1.807) is 21.3 Å². The molecule has 24 heavy (non-hydrogen) atoms. The van der Waals surface area contributed by atoms with Crippen LogP contribution in [-0.2, 0) is 6.42 Å². The molecule has 3 rings (SSSR count). The van der Waals surface area contributed by atoms with Crippen molar-refractivity contribution < 1.29 is 19.0 Å². The van der Waals surface area contributed by atoms with Crippen molar-refractivity contribution >= 4 is 11.9 Å². The molecule has 0 fully saturated rings. The summed E-state index contributed by atoms with van der Waals surface area (Å²) in [5.41, 5.74) is 3.44. The second-order valence-electron chi connectivity index (χ2n) is 5.63. The fraction of sp³-hybridized carbons (Fsp3) is 0.250. The number of hydrogen-bond acceptors (Lipinski definition) is 4. The number of allylic oxidation sites excluding steroid dienone is 1. The molecule has 0 amide bonds. The quantitative estimate of drug-likeness (QED) is 0.800. The van der Waals surface area contributed by atoms with Gasteiger partial charge in [-0.15, -0.1) is 0 Å². The summed E-state index contributed by atoms with van der Waals surface area (Å²) >= 11 is 0. The van der Waals surface area contributed by atoms with Crippen LogP contribution in [0.15, 0.2) is 42.0 Å². The van der Waals surface area contributed by atoms with E-state index in [4.69, 9.17) is 14.2 Å². The van der Waals surface area contributed by atoms with E-state index in [2.05, 4.69) is 0 Å². The van der Waals surface area contributed by atoms with Crippen LogP contribution in [0.1, 0.15) is 27.9 Å². The third kappa shape index (κ3) is 3.00. The number of ketones is 1. The van der Waals surface area contributed by atoms with Gasteiger partial charge in [-0.2, -0.15) is 0 Å². The Kier molecular flexibility index (Phi) is 4.56. The molecule has 0 aliphatic heterocycles. The topological polar surface area (TPSA) is 44.8 Å². The molecular formula is C20H20O4. The van der Waals surface area contributed by atoms with E-state index in [1.165, 1.54) is 0 Å². The molecule has 0 aromatic heterocycles. The monoisotopic (exact) mass is 324 g/mol. The lowest BCUT2D eigenvalue weighted by molar-refractivity contribution is 0.102. The predicted octanol–water partition coefficient (Wildman–Crippen LogP) is 3.92. The third-order valence-electron chi connectivity index (χ3n) is 4.29. The highest BCUT2D eigenvalue weighted by Gasteiger charge is 2.22. The molecule has 0 heterocycles. The SMILES string of the molecule is COc1ccc(C=C2CCc3ccc(OC)cc3C2=O)c(OC)c1. The average molecular weight is 324 g/mol. The summed E-state index contributed by atoms with van der Waals surface area (Å²) in [5.74, 6) is 2.16. The number of ether oxygens (including phenoxy) is 3. The number of Topliss-reactive ketones (excluding diaryl/α,β-unsaturated/α-hetero) is 1. The Morgan fingerprint density at radius 2 is 1.58 bits per heavy atom. The van der Waals surface area contributed by atoms with Crippen LogP contribution in [0.5, 0.6) is 17.2 Å². The van der Waals surface area contributed by atoms with Crippen LogP contribution >= 0.6 is 0 Å². The van der Waals surface area contributed by atoms with Crippen LogP contribution in [0.4, 0.5) is 0 Å². The number of fused-ring (bicyclic) bond motifs is 1. The first-order chi connectivity index (χ1) is 11.7. The zero-order valence-corrected chi connectivity index (χ0v) is 14.1. The molecule has 0 radical (unpaired) electrons. The van der Waals surface area contributed by atoms with Gasteiger partial charge in [-0.1, -0.05) is 6.07 Å². The van der Waals surface area contributed by atoms with Crippen LogP contribution in [-0.4, -0.2) is 27.1 Å². The van der Waals surface area contributed by atoms with Crippen molar-refractivity contribution in [2.75, 3.05) is 21.3 Å². The highest BCUT2D eigenvalue weighted by Crippen LogP contribution is 2.32. The third-order valence-corrected chi connectivity index (χ3v) is 4.29. The summed E-state index contributed by atoms with van der Waals surface area (Å²) in [4.78, 5) is 12.8. The number of carbonyl (C=O) groups is 1. The molecule has 2 aromatic carbocycles. The molecule has 0 saturated heterocycles. The molecule has 1 aliphatic carbocycles. The van der Waals surface area contributed by atoms with Crippen molar-refractivity contribution in [2.45, 2.75) is 12.8 Å². The number of benzene rings is 2. The maximum Gasteiger partial charge on any atom is 0.189 e. The fourth-order valence-corrected chi connectivity index (χ4v) is 2.93. The van der Waals surface area contributed by atoms with Crippen molar-refractivity contribution in [3.8, 4) is 17.2 Å². The van der Waals surface area contributed by atoms with Crippen molar-refractivity contribution in [1.29, 1.82) is 0 Å². The van der Waals surface area contributed by atoms with Gasteiger partial charge < -0.3 is 14.2 Å². The van der Waals surface area contributed by atoms with Crippen LogP contribution in [0.2, 0.25) is 0 Å². The lowest BCUT2D eigenvalue weighted by Crippen LogP contribution is -2.14. The van der Waals surface area contributed by atoms with Gasteiger partial charge in [-0.3, -0.25) is 4.79 Å². The van der Waals surface area contributed by atoms with E-state index in [1.807, 2.05) is 42.5 Å². The van der Waals surface area contributed by atoms with E-state index >= 15 is 0 Å². The Hall–Kier alpha value is -2.75. The van der Waals surface area contributed by atoms with Crippen LogP contribution in [0.3, 0.4) is 0 Å². The van der Waals surface area contributed by atoms with Crippen LogP contribution < -0.4 is 14.2 Å². The van der Waals surface area contributed by atoms with E-state index < -0.39 is 0 Å². The smallest absolute Gasteiger partial charge is 0.189 e. The minimum atomic E-state index is 0.0491. The standard InChI is InChI=1S/C20H20O4/c1-22-16-8-6-13-4-5-15(20(21)18(13)11-16)10-14-7-9-17(23-2)12-19(14)24-3/h6-12H,4-5H2,1-3H3. The molecule has 0 bridgehead atoms. The average Bonchev–Trinajstić information content (AvgIpc) is 2.64. The molecular weight excluding hydrogens is 304 g/mol. The van der Waals surface area contributed by atoms with E-state index in [-0.39, 0.29) is 5.78 Å². The van der Waals surface area contributed by atoms with Crippen molar-refractivity contribution in [2.24, 2.45) is 0 Å². The molecule has 4 nitrogen and oxygen atoms in total. The summed E-state index contributed by atoms with van der Waals surface area (Å²) < 4.78 is 15.9. The van der Waals surface area contributed by atoms with Gasteiger partial charge in [0.2, 0.25) is 0 Å². The lowest BCUT2D eigenvalue weighted by atomic mass is 9.86. The molecule has 0 N–H and O–H groups in total. The summed E-state index contributed by atoms with van der Waals surface area (Å²) in [6, 6.07) is 11.3. The van der Waals surface area contributed by atoms with Gasteiger partial charge in [0.1, 0.15) is 17.2 Å². The van der Waals surface area contributed by atoms with Gasteiger partial charge >= 0.3 is 0 Å². The second kappa shape index (κ2) is 6.79. The highest BCUT2D eigenvalue weighted by atomic mass is 16.5. The van der Waals surface area contributed by atoms with Gasteiger partial charge in [0, 0.05) is 22.8 Å². The van der Waals surface area contributed by atoms with Crippen molar-refractivity contribution in [3.63, 3.8) is 0 Å². The lowest BCUT2D eigenvalue weighted by Gasteiger charge is -2.18. The largest absolute Gasteiger partial charge is 0.497 e. The second-order valence-corrected chi connectivity index (χ2v) is 5.63. The number of hydrogen-bond donors (Lipinski definition) is 0. The van der Waals surface area contributed by atoms with Crippen LogP contribution in [0, 0.1) is 0 Å². The van der Waals surface area contributed by atoms with Gasteiger partial charge in [-0.25, -0.2) is 0 Å². The van der Waals surface area contributed by atoms with Crippen molar-refractivity contribution in [3.05, 3.63) is 58.7 Å². The predicted molar refractivity (Wildman–Crippen MR) is 93.2 cm³/mol. The van der Waals surface area contributed by atoms with Gasteiger partial charge in [0.05, 0.1) is 21.3 Å². The van der Waals surface area contributed by atoms with E-state index in [0.29, 0.717) is 17.9 Å². The van der Waals surface area contributed by atoms with Gasteiger partial charge in [0.15, 0.2) is 5.78 Å². The maximum absolute atomic E-state index is 12.8. The number of methoxy groups -OCH3 is 3. The zero-order valence-electron chi connectivity index (χ0n) is 14.1. The first-order valence-electron chi connectivity index (χ1n) is 7.80. The zero-order chi connectivity index (χ0) is 17.1. The Labute approximate surface area is 141 Å². The molecule has 124 valence electrons. The summed E-state index contributed by atoms with van der Waals surface area (Å²) in [6.45, 7) is 0. The van der Waals surface area contributed by atoms with Crippen molar-refractivity contribution in [1.82, 2.24) is 0 Å². The fourth-order valence-electron chi connectivity index (χ4n) is 2.93. The molecule has 0 unspecified atom stereocenters. The first kappa shape index (κ1) is 16.1. The Morgan fingerprint density at radius 3 is 2.29 bits per heavy atom. The summed E-state index contributed by atoms with van der Waals surface area (Å²) in [6.07, 6.45) is 3.46. The Morgan fingerprint density at radius 1 is 0.875 bits per heavy atom. The molecule has 0 saturated carbocycles. The molecule has 2 aromatic rings. The number of carbonyl (C=O) groups excluding carboxylic acids is 1. The van der Waals surface area contributed by atoms with E-state index in [0.717, 1.165) is 34.4 Å². The Bertz CT molecular complexity index is 805. The Balaban J connectivity index is 1.98. The first-order valence-corrected chi connectivity index (χ1v) is 7.80. The van der Waals surface area contributed by atoms with E-state index in [9.17, 15) is 4.79 Å².